The molecule has 0 aliphatic carbocycles. The topological polar surface area (TPSA) is 77.9 Å². The van der Waals surface area contributed by atoms with Gasteiger partial charge in [-0.25, -0.2) is 13.2 Å². The first-order valence-corrected chi connectivity index (χ1v) is 9.07. The largest absolute Gasteiger partial charge is 0.477 e. The van der Waals surface area contributed by atoms with Crippen LogP contribution in [0.25, 0.3) is 0 Å². The maximum atomic E-state index is 12.7. The third kappa shape index (κ3) is 3.13. The van der Waals surface area contributed by atoms with Crippen molar-refractivity contribution in [3.05, 3.63) is 16.5 Å². The van der Waals surface area contributed by atoms with E-state index < -0.39 is 16.0 Å². The molecule has 1 aliphatic heterocycles. The quantitative estimate of drug-likeness (QED) is 0.903. The second-order valence-electron chi connectivity index (χ2n) is 5.29. The molecule has 0 spiro atoms. The Morgan fingerprint density at radius 3 is 2.67 bits per heavy atom. The molecule has 8 heteroatoms. The lowest BCUT2D eigenvalue weighted by molar-refractivity contribution is 0.0701. The fraction of sp³-hybridized carbons (Fsp3) is 0.615. The summed E-state index contributed by atoms with van der Waals surface area (Å²) in [6.45, 7) is 5.24. The summed E-state index contributed by atoms with van der Waals surface area (Å²) in [5, 5.41) is 9.07. The fourth-order valence-electron chi connectivity index (χ4n) is 2.50. The molecule has 2 rings (SSSR count). The van der Waals surface area contributed by atoms with Crippen LogP contribution in [0.4, 0.5) is 0 Å². The summed E-state index contributed by atoms with van der Waals surface area (Å²) in [6, 6.07) is 1.66. The van der Waals surface area contributed by atoms with Crippen LogP contribution in [0.2, 0.25) is 0 Å². The molecule has 0 saturated carbocycles. The second-order valence-corrected chi connectivity index (χ2v) is 8.51. The molecule has 1 N–H and O–H groups in total. The molecule has 0 radical (unpaired) electrons. The van der Waals surface area contributed by atoms with Crippen molar-refractivity contribution in [2.75, 3.05) is 26.7 Å². The molecule has 1 saturated heterocycles. The number of hydrogen-bond acceptors (Lipinski definition) is 5. The minimum Gasteiger partial charge on any atom is -0.477 e. The Labute approximate surface area is 129 Å². The van der Waals surface area contributed by atoms with E-state index in [4.69, 9.17) is 5.11 Å². The van der Waals surface area contributed by atoms with Gasteiger partial charge in [0, 0.05) is 25.7 Å². The highest BCUT2D eigenvalue weighted by atomic mass is 32.2. The Bertz CT molecular complexity index is 639. The van der Waals surface area contributed by atoms with Crippen molar-refractivity contribution >= 4 is 27.3 Å². The molecular weight excluding hydrogens is 312 g/mol. The first-order valence-electron chi connectivity index (χ1n) is 6.81. The van der Waals surface area contributed by atoms with Crippen molar-refractivity contribution in [1.29, 1.82) is 0 Å². The van der Waals surface area contributed by atoms with Crippen LogP contribution >= 0.6 is 11.3 Å². The smallest absolute Gasteiger partial charge is 0.346 e. The Hall–Kier alpha value is -0.960. The fourth-order valence-corrected chi connectivity index (χ4v) is 5.50. The third-order valence-corrected chi connectivity index (χ3v) is 7.43. The number of rotatable bonds is 4. The lowest BCUT2D eigenvalue weighted by atomic mass is 10.1. The molecule has 1 aromatic heterocycles. The summed E-state index contributed by atoms with van der Waals surface area (Å²) in [5.41, 5.74) is 0.493. The molecule has 0 aromatic carbocycles. The number of carboxylic acid groups (broad SMARTS) is 1. The molecule has 21 heavy (non-hydrogen) atoms. The third-order valence-electron chi connectivity index (χ3n) is 3.89. The normalized spacial score (nSPS) is 21.6. The number of aromatic carboxylic acids is 1. The van der Waals surface area contributed by atoms with Crippen LogP contribution in [0.3, 0.4) is 0 Å². The standard InChI is InChI=1S/C13H20N2O4S2/c1-4-10-8-15(6-5-14(10)3)21(18,19)11-7-9(2)12(20-11)13(16)17/h7,10H,4-6,8H2,1-3H3,(H,16,17). The summed E-state index contributed by atoms with van der Waals surface area (Å²) in [7, 11) is -1.61. The maximum Gasteiger partial charge on any atom is 0.346 e. The zero-order valence-corrected chi connectivity index (χ0v) is 14.0. The molecule has 1 aliphatic rings. The van der Waals surface area contributed by atoms with E-state index in [0.717, 1.165) is 17.8 Å². The van der Waals surface area contributed by atoms with E-state index in [-0.39, 0.29) is 15.1 Å². The highest BCUT2D eigenvalue weighted by molar-refractivity contribution is 7.91. The number of carbonyl (C=O) groups is 1. The van der Waals surface area contributed by atoms with Gasteiger partial charge in [0.2, 0.25) is 0 Å². The van der Waals surface area contributed by atoms with Gasteiger partial charge in [-0.2, -0.15) is 4.31 Å². The van der Waals surface area contributed by atoms with Crippen molar-refractivity contribution in [1.82, 2.24) is 9.21 Å². The van der Waals surface area contributed by atoms with Gasteiger partial charge in [0.05, 0.1) is 0 Å². The highest BCUT2D eigenvalue weighted by Crippen LogP contribution is 2.29. The van der Waals surface area contributed by atoms with Crippen molar-refractivity contribution in [2.45, 2.75) is 30.5 Å². The number of thiophene rings is 1. The van der Waals surface area contributed by atoms with Crippen LogP contribution in [0.15, 0.2) is 10.3 Å². The molecule has 118 valence electrons. The van der Waals surface area contributed by atoms with Gasteiger partial charge < -0.3 is 10.0 Å². The number of carboxylic acids is 1. The Balaban J connectivity index is 2.30. The molecule has 0 amide bonds. The highest BCUT2D eigenvalue weighted by Gasteiger charge is 2.33. The van der Waals surface area contributed by atoms with Crippen LogP contribution in [0.5, 0.6) is 0 Å². The van der Waals surface area contributed by atoms with Crippen molar-refractivity contribution < 1.29 is 18.3 Å². The Morgan fingerprint density at radius 1 is 1.48 bits per heavy atom. The summed E-state index contributed by atoms with van der Waals surface area (Å²) in [5.74, 6) is -1.08. The zero-order chi connectivity index (χ0) is 15.8. The van der Waals surface area contributed by atoms with E-state index in [1.165, 1.54) is 10.4 Å². The number of aryl methyl sites for hydroxylation is 1. The molecule has 6 nitrogen and oxygen atoms in total. The average molecular weight is 332 g/mol. The van der Waals surface area contributed by atoms with Crippen LogP contribution < -0.4 is 0 Å². The predicted octanol–water partition coefficient (Wildman–Crippen LogP) is 1.47. The molecular formula is C13H20N2O4S2. The minimum atomic E-state index is -3.60. The molecule has 0 bridgehead atoms. The van der Waals surface area contributed by atoms with E-state index in [9.17, 15) is 13.2 Å². The second kappa shape index (κ2) is 6.04. The van der Waals surface area contributed by atoms with Gasteiger partial charge in [0.1, 0.15) is 9.09 Å². The minimum absolute atomic E-state index is 0.0924. The zero-order valence-electron chi connectivity index (χ0n) is 12.4. The summed E-state index contributed by atoms with van der Waals surface area (Å²) in [4.78, 5) is 13.3. The Morgan fingerprint density at radius 2 is 2.14 bits per heavy atom. The first-order chi connectivity index (χ1) is 9.77. The maximum absolute atomic E-state index is 12.7. The lowest BCUT2D eigenvalue weighted by Gasteiger charge is -2.38. The molecule has 1 atom stereocenters. The van der Waals surface area contributed by atoms with Gasteiger partial charge in [0.25, 0.3) is 10.0 Å². The van der Waals surface area contributed by atoms with Crippen LogP contribution in [0.1, 0.15) is 28.6 Å². The van der Waals surface area contributed by atoms with E-state index in [1.807, 2.05) is 14.0 Å². The van der Waals surface area contributed by atoms with Gasteiger partial charge in [0.15, 0.2) is 0 Å². The van der Waals surface area contributed by atoms with Gasteiger partial charge in [-0.3, -0.25) is 0 Å². The van der Waals surface area contributed by atoms with Crippen LogP contribution in [-0.2, 0) is 10.0 Å². The van der Waals surface area contributed by atoms with Crippen LogP contribution in [-0.4, -0.2) is 61.4 Å². The van der Waals surface area contributed by atoms with Gasteiger partial charge in [-0.05, 0) is 32.0 Å². The summed E-state index contributed by atoms with van der Waals surface area (Å²) in [6.07, 6.45) is 0.881. The van der Waals surface area contributed by atoms with Gasteiger partial charge in [-0.15, -0.1) is 11.3 Å². The Kier molecular flexibility index (Phi) is 4.72. The molecule has 2 heterocycles. The van der Waals surface area contributed by atoms with Gasteiger partial charge in [-0.1, -0.05) is 6.92 Å². The SMILES string of the molecule is CCC1CN(S(=O)(=O)c2cc(C)c(C(=O)O)s2)CCN1C. The monoisotopic (exact) mass is 332 g/mol. The van der Waals surface area contributed by atoms with Crippen molar-refractivity contribution in [3.63, 3.8) is 0 Å². The van der Waals surface area contributed by atoms with Crippen LogP contribution in [0, 0.1) is 6.92 Å². The number of sulfonamides is 1. The summed E-state index contributed by atoms with van der Waals surface area (Å²) >= 11 is 0.835. The van der Waals surface area contributed by atoms with Crippen molar-refractivity contribution in [2.24, 2.45) is 0 Å². The lowest BCUT2D eigenvalue weighted by Crippen LogP contribution is -2.52. The van der Waals surface area contributed by atoms with E-state index in [1.54, 1.807) is 6.92 Å². The van der Waals surface area contributed by atoms with E-state index in [0.29, 0.717) is 25.2 Å². The summed E-state index contributed by atoms with van der Waals surface area (Å²) < 4.78 is 26.9. The molecule has 1 fully saturated rings. The number of likely N-dealkylation sites (N-methyl/N-ethyl adjacent to an activating group) is 1. The van der Waals surface area contributed by atoms with E-state index in [2.05, 4.69) is 4.90 Å². The van der Waals surface area contributed by atoms with Gasteiger partial charge >= 0.3 is 5.97 Å². The average Bonchev–Trinajstić information content (AvgIpc) is 2.82. The number of hydrogen-bond donors (Lipinski definition) is 1. The number of piperazine rings is 1. The van der Waals surface area contributed by atoms with E-state index >= 15 is 0 Å². The molecule has 1 unspecified atom stereocenters. The molecule has 1 aromatic rings. The van der Waals surface area contributed by atoms with Crippen molar-refractivity contribution in [3.8, 4) is 0 Å². The first kappa shape index (κ1) is 16.4. The predicted molar refractivity (Wildman–Crippen MR) is 81.5 cm³/mol. The number of nitrogens with zero attached hydrogens (tertiary/aromatic N) is 2.